The van der Waals surface area contributed by atoms with E-state index < -0.39 is 17.2 Å². The number of halogens is 3. The minimum atomic E-state index is -4.42. The van der Waals surface area contributed by atoms with Crippen LogP contribution in [0.5, 0.6) is 0 Å². The standard InChI is InChI=1S/C10H13F3N2O/c1-9(2,6-16-14)8-7(10(11,12)13)4-3-5-15-8/h3-5H,6,14H2,1-2H3. The lowest BCUT2D eigenvalue weighted by molar-refractivity contribution is -0.139. The molecule has 16 heavy (non-hydrogen) atoms. The average Bonchev–Trinajstić information content (AvgIpc) is 2.16. The summed E-state index contributed by atoms with van der Waals surface area (Å²) in [6, 6.07) is 2.26. The van der Waals surface area contributed by atoms with Crippen LogP contribution in [0.15, 0.2) is 18.3 Å². The molecule has 6 heteroatoms. The van der Waals surface area contributed by atoms with Crippen LogP contribution in [0, 0.1) is 0 Å². The lowest BCUT2D eigenvalue weighted by Gasteiger charge is -2.25. The highest BCUT2D eigenvalue weighted by Gasteiger charge is 2.38. The summed E-state index contributed by atoms with van der Waals surface area (Å²) in [5.41, 5.74) is -1.70. The van der Waals surface area contributed by atoms with Crippen molar-refractivity contribution in [3.05, 3.63) is 29.6 Å². The number of hydrogen-bond donors (Lipinski definition) is 1. The molecule has 0 atom stereocenters. The third-order valence-electron chi connectivity index (χ3n) is 2.20. The molecule has 0 aliphatic rings. The minimum Gasteiger partial charge on any atom is -0.304 e. The number of nitrogens with zero attached hydrogens (tertiary/aromatic N) is 1. The maximum atomic E-state index is 12.7. The maximum Gasteiger partial charge on any atom is 0.418 e. The van der Waals surface area contributed by atoms with Crippen LogP contribution >= 0.6 is 0 Å². The number of alkyl halides is 3. The molecule has 0 aromatic carbocycles. The summed E-state index contributed by atoms with van der Waals surface area (Å²) in [7, 11) is 0. The van der Waals surface area contributed by atoms with Gasteiger partial charge in [-0.25, -0.2) is 5.90 Å². The van der Waals surface area contributed by atoms with Gasteiger partial charge in [-0.3, -0.25) is 4.98 Å². The molecule has 0 aliphatic heterocycles. The van der Waals surface area contributed by atoms with Gasteiger partial charge in [0.15, 0.2) is 0 Å². The number of hydrogen-bond acceptors (Lipinski definition) is 3. The summed E-state index contributed by atoms with van der Waals surface area (Å²) < 4.78 is 38.1. The molecule has 90 valence electrons. The zero-order valence-corrected chi connectivity index (χ0v) is 9.01. The van der Waals surface area contributed by atoms with E-state index >= 15 is 0 Å². The summed E-state index contributed by atoms with van der Waals surface area (Å²) in [5, 5.41) is 0. The van der Waals surface area contributed by atoms with Gasteiger partial charge in [-0.15, -0.1) is 0 Å². The molecule has 1 rings (SSSR count). The Morgan fingerprint density at radius 2 is 2.00 bits per heavy atom. The van der Waals surface area contributed by atoms with Gasteiger partial charge in [0.25, 0.3) is 0 Å². The smallest absolute Gasteiger partial charge is 0.304 e. The molecular formula is C10H13F3N2O. The fourth-order valence-corrected chi connectivity index (χ4v) is 1.45. The van der Waals surface area contributed by atoms with Crippen molar-refractivity contribution in [1.82, 2.24) is 4.98 Å². The third kappa shape index (κ3) is 2.70. The van der Waals surface area contributed by atoms with Crippen LogP contribution in [0.4, 0.5) is 13.2 Å². The van der Waals surface area contributed by atoms with Crippen LogP contribution in [-0.4, -0.2) is 11.6 Å². The van der Waals surface area contributed by atoms with Gasteiger partial charge in [0.2, 0.25) is 0 Å². The van der Waals surface area contributed by atoms with Crippen molar-refractivity contribution >= 4 is 0 Å². The average molecular weight is 234 g/mol. The molecule has 0 bridgehead atoms. The second-order valence-electron chi connectivity index (χ2n) is 4.09. The van der Waals surface area contributed by atoms with Crippen LogP contribution in [0.25, 0.3) is 0 Å². The first kappa shape index (κ1) is 12.9. The van der Waals surface area contributed by atoms with E-state index in [0.717, 1.165) is 6.07 Å². The third-order valence-corrected chi connectivity index (χ3v) is 2.20. The van der Waals surface area contributed by atoms with E-state index in [1.807, 2.05) is 0 Å². The molecule has 0 amide bonds. The van der Waals surface area contributed by atoms with Crippen molar-refractivity contribution in [2.75, 3.05) is 6.61 Å². The fraction of sp³-hybridized carbons (Fsp3) is 0.500. The van der Waals surface area contributed by atoms with E-state index in [0.29, 0.717) is 0 Å². The second-order valence-corrected chi connectivity index (χ2v) is 4.09. The summed E-state index contributed by atoms with van der Waals surface area (Å²) in [5.74, 6) is 4.90. The molecule has 1 heterocycles. The molecule has 0 saturated carbocycles. The summed E-state index contributed by atoms with van der Waals surface area (Å²) in [6.07, 6.45) is -3.10. The Morgan fingerprint density at radius 3 is 2.50 bits per heavy atom. The van der Waals surface area contributed by atoms with Crippen molar-refractivity contribution < 1.29 is 18.0 Å². The first-order valence-corrected chi connectivity index (χ1v) is 4.63. The summed E-state index contributed by atoms with van der Waals surface area (Å²) in [6.45, 7) is 3.15. The summed E-state index contributed by atoms with van der Waals surface area (Å²) >= 11 is 0. The highest BCUT2D eigenvalue weighted by molar-refractivity contribution is 5.29. The largest absolute Gasteiger partial charge is 0.418 e. The van der Waals surface area contributed by atoms with E-state index in [1.54, 1.807) is 13.8 Å². The Balaban J connectivity index is 3.23. The highest BCUT2D eigenvalue weighted by Crippen LogP contribution is 2.36. The predicted octanol–water partition coefficient (Wildman–Crippen LogP) is 2.27. The van der Waals surface area contributed by atoms with Crippen molar-refractivity contribution in [3.63, 3.8) is 0 Å². The number of aromatic nitrogens is 1. The molecule has 0 fully saturated rings. The molecule has 2 N–H and O–H groups in total. The van der Waals surface area contributed by atoms with Gasteiger partial charge >= 0.3 is 6.18 Å². The van der Waals surface area contributed by atoms with E-state index in [-0.39, 0.29) is 12.3 Å². The first-order chi connectivity index (χ1) is 7.29. The van der Waals surface area contributed by atoms with Crippen molar-refractivity contribution in [3.8, 4) is 0 Å². The van der Waals surface area contributed by atoms with Crippen LogP contribution in [-0.2, 0) is 16.4 Å². The van der Waals surface area contributed by atoms with Crippen molar-refractivity contribution in [2.24, 2.45) is 5.90 Å². The molecule has 1 aromatic rings. The van der Waals surface area contributed by atoms with Crippen LogP contribution in [0.1, 0.15) is 25.1 Å². The van der Waals surface area contributed by atoms with Crippen molar-refractivity contribution in [2.45, 2.75) is 25.4 Å². The molecule has 3 nitrogen and oxygen atoms in total. The van der Waals surface area contributed by atoms with Gasteiger partial charge < -0.3 is 4.84 Å². The number of pyridine rings is 1. The Labute approximate surface area is 91.4 Å². The Morgan fingerprint density at radius 1 is 1.38 bits per heavy atom. The Bertz CT molecular complexity index is 363. The lowest BCUT2D eigenvalue weighted by Crippen LogP contribution is -2.30. The Hall–Kier alpha value is -1.14. The van der Waals surface area contributed by atoms with Gasteiger partial charge in [0, 0.05) is 11.6 Å². The summed E-state index contributed by atoms with van der Waals surface area (Å²) in [4.78, 5) is 8.20. The highest BCUT2D eigenvalue weighted by atomic mass is 19.4. The second kappa shape index (κ2) is 4.39. The molecule has 0 unspecified atom stereocenters. The van der Waals surface area contributed by atoms with E-state index in [2.05, 4.69) is 9.82 Å². The molecule has 1 aromatic heterocycles. The van der Waals surface area contributed by atoms with Gasteiger partial charge in [0.05, 0.1) is 17.9 Å². The topological polar surface area (TPSA) is 48.1 Å². The van der Waals surface area contributed by atoms with Crippen LogP contribution in [0.3, 0.4) is 0 Å². The number of rotatable bonds is 3. The van der Waals surface area contributed by atoms with E-state index in [4.69, 9.17) is 5.90 Å². The quantitative estimate of drug-likeness (QED) is 0.816. The van der Waals surface area contributed by atoms with Gasteiger partial charge in [0.1, 0.15) is 0 Å². The maximum absolute atomic E-state index is 12.7. The van der Waals surface area contributed by atoms with Crippen LogP contribution < -0.4 is 5.90 Å². The first-order valence-electron chi connectivity index (χ1n) is 4.63. The van der Waals surface area contributed by atoms with Gasteiger partial charge in [-0.2, -0.15) is 13.2 Å². The normalized spacial score (nSPS) is 12.9. The SMILES string of the molecule is CC(C)(CON)c1ncccc1C(F)(F)F. The van der Waals surface area contributed by atoms with Gasteiger partial charge in [-0.1, -0.05) is 13.8 Å². The van der Waals surface area contributed by atoms with E-state index in [1.165, 1.54) is 12.3 Å². The van der Waals surface area contributed by atoms with Crippen LogP contribution in [0.2, 0.25) is 0 Å². The Kier molecular flexibility index (Phi) is 3.54. The van der Waals surface area contributed by atoms with Gasteiger partial charge in [-0.05, 0) is 12.1 Å². The molecule has 0 spiro atoms. The number of nitrogens with two attached hydrogens (primary N) is 1. The monoisotopic (exact) mass is 234 g/mol. The molecule has 0 aliphatic carbocycles. The molecule has 0 saturated heterocycles. The fourth-order valence-electron chi connectivity index (χ4n) is 1.45. The minimum absolute atomic E-state index is 0.0346. The lowest BCUT2D eigenvalue weighted by atomic mass is 9.87. The molecule has 0 radical (unpaired) electrons. The van der Waals surface area contributed by atoms with E-state index in [9.17, 15) is 13.2 Å². The zero-order chi connectivity index (χ0) is 12.4. The molecular weight excluding hydrogens is 221 g/mol. The zero-order valence-electron chi connectivity index (χ0n) is 9.01. The van der Waals surface area contributed by atoms with Crippen molar-refractivity contribution in [1.29, 1.82) is 0 Å². The predicted molar refractivity (Wildman–Crippen MR) is 52.4 cm³/mol.